The van der Waals surface area contributed by atoms with E-state index in [0.29, 0.717) is 17.0 Å². The second-order valence-corrected chi connectivity index (χ2v) is 10.7. The molecule has 0 saturated heterocycles. The van der Waals surface area contributed by atoms with E-state index in [1.54, 1.807) is 6.07 Å². The largest absolute Gasteiger partial charge is 0.390 e. The molecule has 2 heterocycles. The number of pyridine rings is 1. The highest BCUT2D eigenvalue weighted by molar-refractivity contribution is 7.20. The van der Waals surface area contributed by atoms with Crippen LogP contribution >= 0.6 is 11.3 Å². The molecule has 1 amide bonds. The Morgan fingerprint density at radius 2 is 1.69 bits per heavy atom. The van der Waals surface area contributed by atoms with Crippen LogP contribution in [0.3, 0.4) is 0 Å². The summed E-state index contributed by atoms with van der Waals surface area (Å²) in [6.45, 7) is 2.81. The van der Waals surface area contributed by atoms with Crippen LogP contribution in [0.15, 0.2) is 78.9 Å². The van der Waals surface area contributed by atoms with Gasteiger partial charge in [-0.3, -0.25) is 4.79 Å². The van der Waals surface area contributed by atoms with E-state index in [-0.39, 0.29) is 18.9 Å². The molecule has 3 aromatic carbocycles. The molecule has 0 spiro atoms. The molecule has 0 aliphatic rings. The summed E-state index contributed by atoms with van der Waals surface area (Å²) in [5.41, 5.74) is 3.49. The van der Waals surface area contributed by atoms with E-state index in [4.69, 9.17) is 0 Å². The fourth-order valence-corrected chi connectivity index (χ4v) is 5.58. The van der Waals surface area contributed by atoms with E-state index >= 15 is 0 Å². The van der Waals surface area contributed by atoms with Gasteiger partial charge in [-0.2, -0.15) is 0 Å². The zero-order valence-electron chi connectivity index (χ0n) is 21.5. The van der Waals surface area contributed by atoms with Crippen molar-refractivity contribution in [1.29, 1.82) is 0 Å². The molecular weight excluding hydrogens is 516 g/mol. The summed E-state index contributed by atoms with van der Waals surface area (Å²) in [4.78, 5) is 19.1. The highest BCUT2D eigenvalue weighted by Gasteiger charge is 2.24. The number of benzene rings is 3. The van der Waals surface area contributed by atoms with E-state index in [0.717, 1.165) is 39.2 Å². The number of amides is 1. The number of nitrogens with zero attached hydrogens (tertiary/aromatic N) is 1. The van der Waals surface area contributed by atoms with Gasteiger partial charge in [0.2, 0.25) is 0 Å². The van der Waals surface area contributed by atoms with Crippen LogP contribution in [0, 0.1) is 11.6 Å². The monoisotopic (exact) mass is 545 g/mol. The molecule has 0 fully saturated rings. The third-order valence-corrected chi connectivity index (χ3v) is 7.72. The number of aliphatic hydroxyl groups is 1. The van der Waals surface area contributed by atoms with Gasteiger partial charge in [0, 0.05) is 29.9 Å². The van der Waals surface area contributed by atoms with Gasteiger partial charge in [0.1, 0.15) is 16.5 Å². The van der Waals surface area contributed by atoms with Crippen molar-refractivity contribution in [2.24, 2.45) is 0 Å². The highest BCUT2D eigenvalue weighted by Crippen LogP contribution is 2.27. The number of aromatic nitrogens is 1. The van der Waals surface area contributed by atoms with Gasteiger partial charge in [0.25, 0.3) is 5.91 Å². The molecule has 2 atom stereocenters. The third kappa shape index (κ3) is 6.65. The smallest absolute Gasteiger partial charge is 0.261 e. The second kappa shape index (κ2) is 12.0. The van der Waals surface area contributed by atoms with Crippen LogP contribution in [-0.2, 0) is 19.4 Å². The molecule has 0 saturated carbocycles. The molecule has 39 heavy (non-hydrogen) atoms. The summed E-state index contributed by atoms with van der Waals surface area (Å²) in [7, 11) is 0. The molecule has 0 bridgehead atoms. The maximum Gasteiger partial charge on any atom is 0.261 e. The summed E-state index contributed by atoms with van der Waals surface area (Å²) >= 11 is 1.26. The Bertz CT molecular complexity index is 1550. The Morgan fingerprint density at radius 3 is 2.49 bits per heavy atom. The van der Waals surface area contributed by atoms with Crippen molar-refractivity contribution >= 4 is 38.4 Å². The van der Waals surface area contributed by atoms with Gasteiger partial charge in [0.05, 0.1) is 22.5 Å². The summed E-state index contributed by atoms with van der Waals surface area (Å²) in [5, 5.41) is 19.0. The number of aliphatic hydroxyl groups excluding tert-OH is 1. The quantitative estimate of drug-likeness (QED) is 0.208. The number of nitrogens with one attached hydrogen (secondary N) is 2. The summed E-state index contributed by atoms with van der Waals surface area (Å²) in [6, 6.07) is 22.1. The number of thiophene rings is 1. The van der Waals surface area contributed by atoms with Crippen LogP contribution in [0.1, 0.15) is 33.3 Å². The Balaban J connectivity index is 1.33. The van der Waals surface area contributed by atoms with Gasteiger partial charge in [-0.15, -0.1) is 11.3 Å². The van der Waals surface area contributed by atoms with E-state index in [2.05, 4.69) is 34.7 Å². The molecule has 0 radical (unpaired) electrons. The average molecular weight is 546 g/mol. The van der Waals surface area contributed by atoms with Gasteiger partial charge in [-0.1, -0.05) is 49.4 Å². The number of hydrogen-bond donors (Lipinski definition) is 3. The van der Waals surface area contributed by atoms with Gasteiger partial charge in [-0.05, 0) is 59.9 Å². The minimum Gasteiger partial charge on any atom is -0.390 e. The molecule has 5 aromatic rings. The van der Waals surface area contributed by atoms with E-state index < -0.39 is 23.8 Å². The fraction of sp³-hybridized carbons (Fsp3) is 0.226. The Labute approximate surface area is 229 Å². The number of fused-ring (bicyclic) bond motifs is 2. The predicted octanol–water partition coefficient (Wildman–Crippen LogP) is 5.78. The second-order valence-electron chi connectivity index (χ2n) is 9.62. The van der Waals surface area contributed by atoms with Crippen molar-refractivity contribution < 1.29 is 18.7 Å². The predicted molar refractivity (Wildman–Crippen MR) is 152 cm³/mol. The topological polar surface area (TPSA) is 74.2 Å². The van der Waals surface area contributed by atoms with Gasteiger partial charge < -0.3 is 15.7 Å². The third-order valence-electron chi connectivity index (χ3n) is 6.67. The van der Waals surface area contributed by atoms with Gasteiger partial charge >= 0.3 is 0 Å². The molecule has 0 aliphatic carbocycles. The minimum atomic E-state index is -1.01. The van der Waals surface area contributed by atoms with Gasteiger partial charge in [0.15, 0.2) is 0 Å². The number of hydrogen-bond acceptors (Lipinski definition) is 5. The lowest BCUT2D eigenvalue weighted by atomic mass is 10.0. The molecule has 0 unspecified atom stereocenters. The number of halogens is 2. The Kier molecular flexibility index (Phi) is 8.26. The Hall–Kier alpha value is -3.72. The number of carbonyl (C=O) groups excluding carboxylic acids is 1. The van der Waals surface area contributed by atoms with E-state index in [9.17, 15) is 18.7 Å². The van der Waals surface area contributed by atoms with E-state index in [1.807, 2.05) is 42.5 Å². The lowest BCUT2D eigenvalue weighted by Gasteiger charge is -2.25. The first kappa shape index (κ1) is 26.9. The van der Waals surface area contributed by atoms with Crippen LogP contribution in [-0.4, -0.2) is 34.7 Å². The summed E-state index contributed by atoms with van der Waals surface area (Å²) < 4.78 is 27.8. The Morgan fingerprint density at radius 1 is 0.923 bits per heavy atom. The minimum absolute atomic E-state index is 0.0572. The first-order chi connectivity index (χ1) is 18.9. The van der Waals surface area contributed by atoms with Crippen LogP contribution in [0.4, 0.5) is 8.78 Å². The standard InChI is InChI=1S/C31H29F2N3O2S/c1-2-19-6-5-7-20(10-19)17-34-18-28(37)27(13-21-11-24(32)16-25(33)12-21)35-30(38)29-15-23-14-22-8-3-4-9-26(22)36-31(23)39-29/h3-12,14-16,27-28,34,37H,2,13,17-18H2,1H3,(H,35,38)/t27-,28+/m0/s1. The summed E-state index contributed by atoms with van der Waals surface area (Å²) in [6.07, 6.45) is -0.0237. The van der Waals surface area contributed by atoms with Crippen molar-refractivity contribution in [3.05, 3.63) is 112 Å². The van der Waals surface area contributed by atoms with Crippen molar-refractivity contribution in [1.82, 2.24) is 15.6 Å². The van der Waals surface area contributed by atoms with Crippen LogP contribution in [0.2, 0.25) is 0 Å². The van der Waals surface area contributed by atoms with Gasteiger partial charge in [-0.25, -0.2) is 13.8 Å². The van der Waals surface area contributed by atoms with Crippen molar-refractivity contribution in [3.63, 3.8) is 0 Å². The molecule has 2 aromatic heterocycles. The normalized spacial score (nSPS) is 13.0. The molecule has 5 nitrogen and oxygen atoms in total. The summed E-state index contributed by atoms with van der Waals surface area (Å²) in [5.74, 6) is -1.79. The average Bonchev–Trinajstić information content (AvgIpc) is 3.34. The number of para-hydroxylation sites is 1. The van der Waals surface area contributed by atoms with Crippen molar-refractivity contribution in [2.75, 3.05) is 6.54 Å². The molecule has 0 aliphatic heterocycles. The molecular formula is C31H29F2N3O2S. The molecule has 200 valence electrons. The lowest BCUT2D eigenvalue weighted by molar-refractivity contribution is 0.0833. The first-order valence-electron chi connectivity index (χ1n) is 12.9. The molecule has 3 N–H and O–H groups in total. The van der Waals surface area contributed by atoms with Crippen LogP contribution in [0.5, 0.6) is 0 Å². The first-order valence-corrected chi connectivity index (χ1v) is 13.7. The fourth-order valence-electron chi connectivity index (χ4n) is 4.66. The maximum atomic E-state index is 13.9. The van der Waals surface area contributed by atoms with Crippen LogP contribution in [0.25, 0.3) is 21.1 Å². The zero-order chi connectivity index (χ0) is 27.4. The molecule has 5 rings (SSSR count). The van der Waals surface area contributed by atoms with E-state index in [1.165, 1.54) is 29.0 Å². The number of aryl methyl sites for hydroxylation is 1. The lowest BCUT2D eigenvalue weighted by Crippen LogP contribution is -2.48. The SMILES string of the molecule is CCc1cccc(CNC[C@@H](O)[C@H](Cc2cc(F)cc(F)c2)NC(=O)c2cc3cc4ccccc4nc3s2)c1. The van der Waals surface area contributed by atoms with Crippen molar-refractivity contribution in [3.8, 4) is 0 Å². The van der Waals surface area contributed by atoms with Crippen molar-refractivity contribution in [2.45, 2.75) is 38.5 Å². The number of rotatable bonds is 10. The number of carbonyl (C=O) groups is 1. The van der Waals surface area contributed by atoms with Crippen LogP contribution < -0.4 is 10.6 Å². The zero-order valence-corrected chi connectivity index (χ0v) is 22.3. The highest BCUT2D eigenvalue weighted by atomic mass is 32.1. The molecule has 8 heteroatoms. The maximum absolute atomic E-state index is 13.9.